The Labute approximate surface area is 76.3 Å². The lowest BCUT2D eigenvalue weighted by molar-refractivity contribution is 0.0749. The van der Waals surface area contributed by atoms with Crippen molar-refractivity contribution in [3.8, 4) is 0 Å². The molecule has 2 saturated heterocycles. The summed E-state index contributed by atoms with van der Waals surface area (Å²) in [4.78, 5) is 12.4. The molecule has 5 nitrogen and oxygen atoms in total. The molecule has 0 saturated carbocycles. The van der Waals surface area contributed by atoms with Crippen LogP contribution in [0.5, 0.6) is 0 Å². The van der Waals surface area contributed by atoms with Crippen LogP contribution in [0, 0.1) is 0 Å². The number of nitrogens with zero attached hydrogens (tertiary/aromatic N) is 1. The lowest BCUT2D eigenvalue weighted by atomic mass is 10.1. The van der Waals surface area contributed by atoms with Crippen molar-refractivity contribution in [3.05, 3.63) is 0 Å². The first kappa shape index (κ1) is 8.77. The molecule has 0 aromatic carbocycles. The Bertz CT molecular complexity index is 221. The van der Waals surface area contributed by atoms with Crippen LogP contribution in [0.3, 0.4) is 0 Å². The fourth-order valence-corrected chi connectivity index (χ4v) is 2.42. The molecule has 0 aliphatic carbocycles. The Balaban J connectivity index is 2.15. The van der Waals surface area contributed by atoms with Crippen LogP contribution < -0.4 is 5.32 Å². The fraction of sp³-hybridized carbons (Fsp3) is 0.875. The maximum absolute atomic E-state index is 10.9. The molecule has 1 amide bonds. The zero-order valence-electron chi connectivity index (χ0n) is 7.31. The number of amides is 1. The maximum Gasteiger partial charge on any atom is 0.407 e. The van der Waals surface area contributed by atoms with Gasteiger partial charge in [-0.25, -0.2) is 4.79 Å². The van der Waals surface area contributed by atoms with E-state index >= 15 is 0 Å². The second-order valence-electron chi connectivity index (χ2n) is 3.69. The molecule has 2 aliphatic rings. The third kappa shape index (κ3) is 1.28. The van der Waals surface area contributed by atoms with E-state index in [4.69, 9.17) is 10.2 Å². The van der Waals surface area contributed by atoms with E-state index < -0.39 is 6.09 Å². The zero-order valence-corrected chi connectivity index (χ0v) is 7.31. The van der Waals surface area contributed by atoms with Crippen LogP contribution in [-0.2, 0) is 0 Å². The first-order chi connectivity index (χ1) is 6.24. The molecule has 5 heteroatoms. The third-order valence-electron chi connectivity index (χ3n) is 3.04. The van der Waals surface area contributed by atoms with Gasteiger partial charge in [0.1, 0.15) is 0 Å². The summed E-state index contributed by atoms with van der Waals surface area (Å²) in [6, 6.07) is 0.0152. The number of aliphatic hydroxyl groups is 1. The van der Waals surface area contributed by atoms with Crippen molar-refractivity contribution >= 4 is 6.09 Å². The van der Waals surface area contributed by atoms with Gasteiger partial charge in [0, 0.05) is 12.6 Å². The topological polar surface area (TPSA) is 72.8 Å². The summed E-state index contributed by atoms with van der Waals surface area (Å²) in [5, 5.41) is 21.1. The van der Waals surface area contributed by atoms with Crippen molar-refractivity contribution < 1.29 is 15.0 Å². The molecular weight excluding hydrogens is 172 g/mol. The number of aliphatic hydroxyl groups excluding tert-OH is 1. The lowest BCUT2D eigenvalue weighted by Gasteiger charge is -2.38. The normalized spacial score (nSPS) is 37.9. The van der Waals surface area contributed by atoms with Crippen LogP contribution in [-0.4, -0.2) is 52.5 Å². The molecule has 0 unspecified atom stereocenters. The minimum Gasteiger partial charge on any atom is -0.465 e. The standard InChI is InChI=1S/C8H14N2O3/c11-4-6-7-2-1-5(3-9-6)10(7)8(12)13/h5-7,9,11H,1-4H2,(H,12,13)/t5-,6+,7+/m1/s1. The number of hydrogen-bond donors (Lipinski definition) is 3. The van der Waals surface area contributed by atoms with Crippen molar-refractivity contribution in [2.45, 2.75) is 31.0 Å². The second-order valence-corrected chi connectivity index (χ2v) is 3.69. The summed E-state index contributed by atoms with van der Waals surface area (Å²) < 4.78 is 0. The van der Waals surface area contributed by atoms with E-state index in [2.05, 4.69) is 5.32 Å². The van der Waals surface area contributed by atoms with Gasteiger partial charge < -0.3 is 15.5 Å². The smallest absolute Gasteiger partial charge is 0.407 e. The number of carboxylic acid groups (broad SMARTS) is 1. The van der Waals surface area contributed by atoms with Gasteiger partial charge in [0.25, 0.3) is 0 Å². The van der Waals surface area contributed by atoms with Crippen molar-refractivity contribution in [1.29, 1.82) is 0 Å². The van der Waals surface area contributed by atoms with E-state index in [9.17, 15) is 4.79 Å². The fourth-order valence-electron chi connectivity index (χ4n) is 2.42. The van der Waals surface area contributed by atoms with Crippen LogP contribution in [0.1, 0.15) is 12.8 Å². The quantitative estimate of drug-likeness (QED) is 0.514. The van der Waals surface area contributed by atoms with Gasteiger partial charge in [-0.15, -0.1) is 0 Å². The summed E-state index contributed by atoms with van der Waals surface area (Å²) in [5.74, 6) is 0. The number of rotatable bonds is 1. The number of nitrogens with one attached hydrogen (secondary N) is 1. The van der Waals surface area contributed by atoms with Crippen molar-refractivity contribution in [2.24, 2.45) is 0 Å². The Morgan fingerprint density at radius 2 is 2.31 bits per heavy atom. The molecule has 0 aromatic rings. The molecule has 3 atom stereocenters. The number of fused-ring (bicyclic) bond motifs is 2. The second kappa shape index (κ2) is 3.16. The van der Waals surface area contributed by atoms with E-state index in [1.165, 1.54) is 4.90 Å². The average Bonchev–Trinajstić information content (AvgIpc) is 2.42. The van der Waals surface area contributed by atoms with Gasteiger partial charge in [0.15, 0.2) is 0 Å². The maximum atomic E-state index is 10.9. The molecule has 0 spiro atoms. The molecule has 3 N–H and O–H groups in total. The summed E-state index contributed by atoms with van der Waals surface area (Å²) in [6.45, 7) is 0.690. The van der Waals surface area contributed by atoms with E-state index in [1.54, 1.807) is 0 Å². The summed E-state index contributed by atoms with van der Waals surface area (Å²) in [7, 11) is 0. The first-order valence-electron chi connectivity index (χ1n) is 4.59. The Morgan fingerprint density at radius 1 is 1.54 bits per heavy atom. The lowest BCUT2D eigenvalue weighted by Crippen LogP contribution is -2.60. The predicted molar refractivity (Wildman–Crippen MR) is 45.6 cm³/mol. The number of piperazine rings is 1. The van der Waals surface area contributed by atoms with Crippen LogP contribution >= 0.6 is 0 Å². The van der Waals surface area contributed by atoms with E-state index in [-0.39, 0.29) is 24.7 Å². The molecule has 0 aromatic heterocycles. The van der Waals surface area contributed by atoms with E-state index in [0.717, 1.165) is 12.8 Å². The SMILES string of the molecule is O=C(O)N1[C@@H]2CC[C@H]1[C@H](CO)NC2. The molecule has 74 valence electrons. The Hall–Kier alpha value is -0.810. The van der Waals surface area contributed by atoms with Gasteiger partial charge in [0.2, 0.25) is 0 Å². The first-order valence-corrected chi connectivity index (χ1v) is 4.59. The summed E-state index contributed by atoms with van der Waals surface area (Å²) in [5.41, 5.74) is 0. The molecule has 2 rings (SSSR count). The Kier molecular flexibility index (Phi) is 2.13. The zero-order chi connectivity index (χ0) is 9.42. The highest BCUT2D eigenvalue weighted by atomic mass is 16.4. The van der Waals surface area contributed by atoms with Gasteiger partial charge in [0.05, 0.1) is 18.7 Å². The van der Waals surface area contributed by atoms with Crippen molar-refractivity contribution in [2.75, 3.05) is 13.2 Å². The predicted octanol–water partition coefficient (Wildman–Crippen LogP) is -0.539. The van der Waals surface area contributed by atoms with Crippen LogP contribution in [0.25, 0.3) is 0 Å². The number of hydrogen-bond acceptors (Lipinski definition) is 3. The molecule has 2 aliphatic heterocycles. The van der Waals surface area contributed by atoms with Gasteiger partial charge >= 0.3 is 6.09 Å². The monoisotopic (exact) mass is 186 g/mol. The largest absolute Gasteiger partial charge is 0.465 e. The minimum absolute atomic E-state index is 0.0150. The minimum atomic E-state index is -0.854. The molecule has 0 radical (unpaired) electrons. The summed E-state index contributed by atoms with van der Waals surface area (Å²) >= 11 is 0. The van der Waals surface area contributed by atoms with Crippen LogP contribution in [0.4, 0.5) is 4.79 Å². The average molecular weight is 186 g/mol. The number of carbonyl (C=O) groups is 1. The summed E-state index contributed by atoms with van der Waals surface area (Å²) in [6.07, 6.45) is 0.933. The van der Waals surface area contributed by atoms with Gasteiger partial charge in [-0.3, -0.25) is 4.90 Å². The van der Waals surface area contributed by atoms with E-state index in [1.807, 2.05) is 0 Å². The van der Waals surface area contributed by atoms with Crippen molar-refractivity contribution in [1.82, 2.24) is 10.2 Å². The molecule has 2 heterocycles. The molecular formula is C8H14N2O3. The highest BCUT2D eigenvalue weighted by molar-refractivity contribution is 5.66. The van der Waals surface area contributed by atoms with Crippen LogP contribution in [0.2, 0.25) is 0 Å². The van der Waals surface area contributed by atoms with Gasteiger partial charge in [-0.05, 0) is 12.8 Å². The van der Waals surface area contributed by atoms with Gasteiger partial charge in [-0.1, -0.05) is 0 Å². The van der Waals surface area contributed by atoms with Crippen molar-refractivity contribution in [3.63, 3.8) is 0 Å². The Morgan fingerprint density at radius 3 is 2.92 bits per heavy atom. The molecule has 2 fully saturated rings. The highest BCUT2D eigenvalue weighted by Crippen LogP contribution is 2.29. The molecule has 13 heavy (non-hydrogen) atoms. The van der Waals surface area contributed by atoms with E-state index in [0.29, 0.717) is 6.54 Å². The molecule has 2 bridgehead atoms. The van der Waals surface area contributed by atoms with Gasteiger partial charge in [-0.2, -0.15) is 0 Å². The third-order valence-corrected chi connectivity index (χ3v) is 3.04. The van der Waals surface area contributed by atoms with Crippen LogP contribution in [0.15, 0.2) is 0 Å². The highest BCUT2D eigenvalue weighted by Gasteiger charge is 2.44.